The molecule has 0 spiro atoms. The van der Waals surface area contributed by atoms with Crippen molar-refractivity contribution in [3.8, 4) is 0 Å². The second-order valence-electron chi connectivity index (χ2n) is 2.54. The molecule has 0 aliphatic rings. The maximum Gasteiger partial charge on any atom is 0.284 e. The van der Waals surface area contributed by atoms with Gasteiger partial charge < -0.3 is 26.8 Å². The van der Waals surface area contributed by atoms with Crippen molar-refractivity contribution < 1.29 is 24.9 Å². The number of rotatable bonds is 5. The number of amides is 1. The molecule has 0 saturated heterocycles. The van der Waals surface area contributed by atoms with E-state index >= 15 is 0 Å². The Bertz CT molecular complexity index is 205. The normalized spacial score (nSPS) is 17.5. The molecule has 76 valence electrons. The predicted molar refractivity (Wildman–Crippen MR) is 41.0 cm³/mol. The van der Waals surface area contributed by atoms with Crippen molar-refractivity contribution in [3.63, 3.8) is 0 Å². The molecule has 7 nitrogen and oxygen atoms in total. The van der Waals surface area contributed by atoms with Gasteiger partial charge in [0.1, 0.15) is 12.3 Å². The van der Waals surface area contributed by atoms with Crippen LogP contribution in [0.3, 0.4) is 0 Å². The molecule has 7 heteroatoms. The van der Waals surface area contributed by atoms with Crippen LogP contribution in [-0.2, 0) is 9.59 Å². The van der Waals surface area contributed by atoms with E-state index in [0.717, 1.165) is 0 Å². The van der Waals surface area contributed by atoms with Crippen LogP contribution in [0.5, 0.6) is 0 Å². The second kappa shape index (κ2) is 4.87. The molecule has 0 aromatic rings. The fourth-order valence-corrected chi connectivity index (χ4v) is 0.639. The highest BCUT2D eigenvalue weighted by Gasteiger charge is 2.25. The summed E-state index contributed by atoms with van der Waals surface area (Å²) in [5.74, 6) is -2.25. The smallest absolute Gasteiger partial charge is 0.284 e. The maximum absolute atomic E-state index is 10.6. The Kier molecular flexibility index (Phi) is 4.49. The van der Waals surface area contributed by atoms with Crippen molar-refractivity contribution in [1.29, 1.82) is 0 Å². The number of hydrogen-bond donors (Lipinski definition) is 5. The fourth-order valence-electron chi connectivity index (χ4n) is 0.639. The van der Waals surface area contributed by atoms with Crippen molar-refractivity contribution in [3.05, 3.63) is 0 Å². The molecule has 7 N–H and O–H groups in total. The lowest BCUT2D eigenvalue weighted by molar-refractivity contribution is -0.139. The number of nitrogens with two attached hydrogens (primary N) is 2. The second-order valence-corrected chi connectivity index (χ2v) is 2.54. The van der Waals surface area contributed by atoms with Crippen LogP contribution in [0.2, 0.25) is 0 Å². The Balaban J connectivity index is 4.07. The van der Waals surface area contributed by atoms with Crippen molar-refractivity contribution in [2.45, 2.75) is 24.9 Å². The number of hydrogen-bond acceptors (Lipinski definition) is 6. The first-order valence-corrected chi connectivity index (χ1v) is 3.48. The third-order valence-electron chi connectivity index (χ3n) is 1.41. The molecule has 0 aromatic carbocycles. The molecule has 0 aliphatic heterocycles. The molecule has 0 fully saturated rings. The van der Waals surface area contributed by atoms with Gasteiger partial charge in [0.15, 0.2) is 0 Å². The largest absolute Gasteiger partial charge is 0.390 e. The van der Waals surface area contributed by atoms with E-state index in [1.807, 2.05) is 0 Å². The molecular formula is C6H12N2O5. The zero-order valence-electron chi connectivity index (χ0n) is 6.75. The number of Topliss-reactive ketones (excluding diaryl/α,β-unsaturated/α-hetero) is 1. The molecule has 0 saturated carbocycles. The molecule has 13 heavy (non-hydrogen) atoms. The first-order chi connectivity index (χ1) is 5.86. The summed E-state index contributed by atoms with van der Waals surface area (Å²) in [6, 6.07) is 0. The van der Waals surface area contributed by atoms with Crippen LogP contribution in [0.4, 0.5) is 0 Å². The van der Waals surface area contributed by atoms with E-state index in [-0.39, 0.29) is 0 Å². The number of carbonyl (C=O) groups is 2. The molecule has 0 radical (unpaired) electrons. The minimum atomic E-state index is -1.68. The van der Waals surface area contributed by atoms with Crippen molar-refractivity contribution in [1.82, 2.24) is 0 Å². The van der Waals surface area contributed by atoms with Gasteiger partial charge in [-0.15, -0.1) is 0 Å². The number of aliphatic hydroxyl groups is 3. The van der Waals surface area contributed by atoms with Gasteiger partial charge in [-0.3, -0.25) is 9.59 Å². The van der Waals surface area contributed by atoms with Gasteiger partial charge in [-0.25, -0.2) is 0 Å². The molecule has 3 unspecified atom stereocenters. The number of carbonyl (C=O) groups excluding carboxylic acids is 2. The minimum Gasteiger partial charge on any atom is -0.390 e. The third kappa shape index (κ3) is 3.95. The summed E-state index contributed by atoms with van der Waals surface area (Å²) >= 11 is 0. The zero-order valence-corrected chi connectivity index (χ0v) is 6.75. The van der Waals surface area contributed by atoms with E-state index in [2.05, 4.69) is 5.73 Å². The van der Waals surface area contributed by atoms with Crippen LogP contribution in [0.1, 0.15) is 6.42 Å². The highest BCUT2D eigenvalue weighted by molar-refractivity contribution is 6.35. The van der Waals surface area contributed by atoms with E-state index in [1.54, 1.807) is 0 Å². The van der Waals surface area contributed by atoms with Crippen LogP contribution < -0.4 is 11.5 Å². The van der Waals surface area contributed by atoms with Crippen LogP contribution in [0.25, 0.3) is 0 Å². The molecule has 0 aliphatic carbocycles. The van der Waals surface area contributed by atoms with Gasteiger partial charge in [0.2, 0.25) is 5.78 Å². The summed E-state index contributed by atoms with van der Waals surface area (Å²) in [7, 11) is 0. The van der Waals surface area contributed by atoms with Crippen LogP contribution in [0, 0.1) is 0 Å². The average molecular weight is 192 g/mol. The average Bonchev–Trinajstić information content (AvgIpc) is 2.02. The van der Waals surface area contributed by atoms with Gasteiger partial charge in [0.25, 0.3) is 5.91 Å². The Morgan fingerprint density at radius 2 is 1.69 bits per heavy atom. The summed E-state index contributed by atoms with van der Waals surface area (Å²) in [6.07, 6.45) is -5.61. The lowest BCUT2D eigenvalue weighted by Crippen LogP contribution is -2.44. The third-order valence-corrected chi connectivity index (χ3v) is 1.41. The topological polar surface area (TPSA) is 147 Å². The molecular weight excluding hydrogens is 180 g/mol. The molecule has 0 bridgehead atoms. The first kappa shape index (κ1) is 12.0. The summed E-state index contributed by atoms with van der Waals surface area (Å²) in [4.78, 5) is 20.8. The molecule has 1 amide bonds. The van der Waals surface area contributed by atoms with E-state index in [9.17, 15) is 9.59 Å². The van der Waals surface area contributed by atoms with Gasteiger partial charge >= 0.3 is 0 Å². The van der Waals surface area contributed by atoms with Crippen LogP contribution in [-0.4, -0.2) is 45.4 Å². The number of primary amides is 1. The molecule has 0 aromatic heterocycles. The van der Waals surface area contributed by atoms with Gasteiger partial charge in [0.05, 0.1) is 6.10 Å². The van der Waals surface area contributed by atoms with E-state index in [0.29, 0.717) is 0 Å². The number of aliphatic hydroxyl groups excluding tert-OH is 3. The summed E-state index contributed by atoms with van der Waals surface area (Å²) < 4.78 is 0. The van der Waals surface area contributed by atoms with Gasteiger partial charge in [-0.1, -0.05) is 0 Å². The van der Waals surface area contributed by atoms with Gasteiger partial charge in [-0.2, -0.15) is 0 Å². The van der Waals surface area contributed by atoms with Crippen molar-refractivity contribution in [2.75, 3.05) is 0 Å². The SMILES string of the molecule is NC(=O)C(=O)CC(O)C(O)C(N)O. The van der Waals surface area contributed by atoms with E-state index in [4.69, 9.17) is 21.1 Å². The molecule has 3 atom stereocenters. The Morgan fingerprint density at radius 1 is 1.23 bits per heavy atom. The minimum absolute atomic E-state index is 0.662. The quantitative estimate of drug-likeness (QED) is 0.225. The number of ketones is 1. The zero-order chi connectivity index (χ0) is 10.6. The van der Waals surface area contributed by atoms with E-state index < -0.39 is 36.5 Å². The van der Waals surface area contributed by atoms with Gasteiger partial charge in [-0.05, 0) is 0 Å². The molecule has 0 heterocycles. The fraction of sp³-hybridized carbons (Fsp3) is 0.667. The maximum atomic E-state index is 10.6. The van der Waals surface area contributed by atoms with E-state index in [1.165, 1.54) is 0 Å². The summed E-state index contributed by atoms with van der Waals surface area (Å²) in [5.41, 5.74) is 9.39. The summed E-state index contributed by atoms with van der Waals surface area (Å²) in [6.45, 7) is 0. The van der Waals surface area contributed by atoms with Crippen LogP contribution in [0.15, 0.2) is 0 Å². The van der Waals surface area contributed by atoms with Crippen molar-refractivity contribution in [2.24, 2.45) is 11.5 Å². The lowest BCUT2D eigenvalue weighted by atomic mass is 10.1. The monoisotopic (exact) mass is 192 g/mol. The van der Waals surface area contributed by atoms with Crippen LogP contribution >= 0.6 is 0 Å². The van der Waals surface area contributed by atoms with Crippen molar-refractivity contribution >= 4 is 11.7 Å². The predicted octanol–water partition coefficient (Wildman–Crippen LogP) is -3.57. The standard InChI is InChI=1S/C6H12N2O5/c7-5(12)3(10)1-2(9)4(11)6(8)13/h2,4,6,9,11,13H,1,8H2,(H2,7,12). The summed E-state index contributed by atoms with van der Waals surface area (Å²) in [5, 5.41) is 26.5. The highest BCUT2D eigenvalue weighted by atomic mass is 16.4. The van der Waals surface area contributed by atoms with Gasteiger partial charge in [0, 0.05) is 6.42 Å². The highest BCUT2D eigenvalue weighted by Crippen LogP contribution is 2.01. The Hall–Kier alpha value is -1.02. The Morgan fingerprint density at radius 3 is 2.00 bits per heavy atom. The lowest BCUT2D eigenvalue weighted by Gasteiger charge is -2.18. The Labute approximate surface area is 73.9 Å². The molecule has 0 rings (SSSR count). The first-order valence-electron chi connectivity index (χ1n) is 3.48.